The van der Waals surface area contributed by atoms with E-state index in [1.165, 1.54) is 5.56 Å². The van der Waals surface area contributed by atoms with E-state index in [2.05, 4.69) is 16.6 Å². The van der Waals surface area contributed by atoms with Crippen LogP contribution in [0.25, 0.3) is 5.69 Å². The molecule has 1 aliphatic rings. The molecule has 7 nitrogen and oxygen atoms in total. The highest BCUT2D eigenvalue weighted by Crippen LogP contribution is 2.31. The van der Waals surface area contributed by atoms with E-state index in [0.717, 1.165) is 18.5 Å². The summed E-state index contributed by atoms with van der Waals surface area (Å²) in [6.07, 6.45) is 5.84. The van der Waals surface area contributed by atoms with Crippen molar-refractivity contribution < 1.29 is 14.3 Å². The molecule has 0 unspecified atom stereocenters. The van der Waals surface area contributed by atoms with Gasteiger partial charge < -0.3 is 19.7 Å². The van der Waals surface area contributed by atoms with Gasteiger partial charge in [0.05, 0.1) is 31.8 Å². The van der Waals surface area contributed by atoms with Crippen LogP contribution in [0.4, 0.5) is 10.5 Å². The Morgan fingerprint density at radius 1 is 1.07 bits per heavy atom. The molecule has 3 aromatic rings. The van der Waals surface area contributed by atoms with Crippen LogP contribution in [0.15, 0.2) is 60.9 Å². The number of urea groups is 1. The molecule has 0 atom stereocenters. The third-order valence-electron chi connectivity index (χ3n) is 5.53. The van der Waals surface area contributed by atoms with Crippen molar-refractivity contribution in [3.8, 4) is 17.2 Å². The van der Waals surface area contributed by atoms with E-state index in [-0.39, 0.29) is 6.03 Å². The van der Waals surface area contributed by atoms with Crippen molar-refractivity contribution in [2.75, 3.05) is 32.6 Å². The van der Waals surface area contributed by atoms with Crippen LogP contribution < -0.4 is 14.8 Å². The first-order valence-electron chi connectivity index (χ1n) is 10.1. The van der Waals surface area contributed by atoms with Crippen molar-refractivity contribution in [1.29, 1.82) is 0 Å². The quantitative estimate of drug-likeness (QED) is 0.686. The van der Waals surface area contributed by atoms with Crippen LogP contribution in [0.3, 0.4) is 0 Å². The lowest BCUT2D eigenvalue weighted by Gasteiger charge is -2.31. The van der Waals surface area contributed by atoms with E-state index in [1.54, 1.807) is 32.4 Å². The van der Waals surface area contributed by atoms with Crippen LogP contribution in [-0.2, 0) is 0 Å². The summed E-state index contributed by atoms with van der Waals surface area (Å²) >= 11 is 0. The molecule has 1 aromatic heterocycles. The molecule has 0 aliphatic carbocycles. The molecule has 1 N–H and O–H groups in total. The lowest BCUT2D eigenvalue weighted by atomic mass is 9.92. The van der Waals surface area contributed by atoms with Gasteiger partial charge in [-0.15, -0.1) is 0 Å². The van der Waals surface area contributed by atoms with Gasteiger partial charge in [0.2, 0.25) is 0 Å². The molecule has 30 heavy (non-hydrogen) atoms. The molecule has 2 aromatic carbocycles. The van der Waals surface area contributed by atoms with Crippen molar-refractivity contribution in [3.05, 3.63) is 66.5 Å². The molecule has 0 saturated carbocycles. The summed E-state index contributed by atoms with van der Waals surface area (Å²) in [7, 11) is 3.18. The molecule has 0 spiro atoms. The van der Waals surface area contributed by atoms with E-state index in [0.29, 0.717) is 36.2 Å². The van der Waals surface area contributed by atoms with E-state index < -0.39 is 0 Å². The Kier molecular flexibility index (Phi) is 5.88. The Balaban J connectivity index is 1.37. The van der Waals surface area contributed by atoms with Crippen molar-refractivity contribution >= 4 is 11.7 Å². The monoisotopic (exact) mass is 406 g/mol. The van der Waals surface area contributed by atoms with Crippen molar-refractivity contribution in [3.63, 3.8) is 0 Å². The molecule has 1 aliphatic heterocycles. The van der Waals surface area contributed by atoms with Gasteiger partial charge in [0.15, 0.2) is 0 Å². The van der Waals surface area contributed by atoms with E-state index in [9.17, 15) is 4.79 Å². The Hall–Kier alpha value is -3.48. The summed E-state index contributed by atoms with van der Waals surface area (Å²) < 4.78 is 12.5. The largest absolute Gasteiger partial charge is 0.497 e. The molecular formula is C23H26N4O3. The second-order valence-electron chi connectivity index (χ2n) is 7.31. The van der Waals surface area contributed by atoms with Crippen LogP contribution in [0.1, 0.15) is 24.3 Å². The number of ether oxygens (including phenoxy) is 2. The van der Waals surface area contributed by atoms with Gasteiger partial charge in [-0.2, -0.15) is 5.10 Å². The molecule has 2 heterocycles. The first-order valence-corrected chi connectivity index (χ1v) is 10.1. The first-order chi connectivity index (χ1) is 14.7. The van der Waals surface area contributed by atoms with Crippen LogP contribution in [0.5, 0.6) is 11.5 Å². The summed E-state index contributed by atoms with van der Waals surface area (Å²) in [6, 6.07) is 15.3. The van der Waals surface area contributed by atoms with Gasteiger partial charge >= 0.3 is 6.03 Å². The van der Waals surface area contributed by atoms with Crippen LogP contribution in [0, 0.1) is 0 Å². The Bertz CT molecular complexity index is 995. The molecule has 156 valence electrons. The number of nitrogens with one attached hydrogen (secondary N) is 1. The van der Waals surface area contributed by atoms with E-state index in [4.69, 9.17) is 9.47 Å². The number of methoxy groups -OCH3 is 2. The number of anilines is 1. The summed E-state index contributed by atoms with van der Waals surface area (Å²) in [6.45, 7) is 1.39. The van der Waals surface area contributed by atoms with Crippen molar-refractivity contribution in [2.24, 2.45) is 0 Å². The number of likely N-dealkylation sites (tertiary alicyclic amines) is 1. The molecule has 0 radical (unpaired) electrons. The predicted molar refractivity (Wildman–Crippen MR) is 116 cm³/mol. The number of amides is 2. The Morgan fingerprint density at radius 2 is 1.83 bits per heavy atom. The zero-order valence-corrected chi connectivity index (χ0v) is 17.2. The predicted octanol–water partition coefficient (Wildman–Crippen LogP) is 4.30. The molecule has 1 saturated heterocycles. The van der Waals surface area contributed by atoms with Crippen molar-refractivity contribution in [1.82, 2.24) is 14.7 Å². The normalized spacial score (nSPS) is 14.4. The van der Waals surface area contributed by atoms with Crippen LogP contribution >= 0.6 is 0 Å². The third-order valence-corrected chi connectivity index (χ3v) is 5.53. The van der Waals surface area contributed by atoms with Gasteiger partial charge in [0, 0.05) is 25.4 Å². The lowest BCUT2D eigenvalue weighted by molar-refractivity contribution is 0.194. The van der Waals surface area contributed by atoms with Gasteiger partial charge in [0.1, 0.15) is 11.5 Å². The fourth-order valence-corrected chi connectivity index (χ4v) is 3.79. The maximum absolute atomic E-state index is 12.8. The number of aromatic nitrogens is 2. The van der Waals surface area contributed by atoms with Gasteiger partial charge in [-0.3, -0.25) is 0 Å². The second-order valence-corrected chi connectivity index (χ2v) is 7.31. The SMILES string of the molecule is COc1ccc(OC)c(NC(=O)N2CCC(c3cnn(-c4ccccc4)c3)CC2)c1. The summed E-state index contributed by atoms with van der Waals surface area (Å²) in [4.78, 5) is 14.6. The van der Waals surface area contributed by atoms with E-state index in [1.807, 2.05) is 46.1 Å². The number of piperidine rings is 1. The van der Waals surface area contributed by atoms with Gasteiger partial charge in [-0.05, 0) is 48.6 Å². The molecule has 1 fully saturated rings. The topological polar surface area (TPSA) is 68.6 Å². The summed E-state index contributed by atoms with van der Waals surface area (Å²) in [5.74, 6) is 1.67. The highest BCUT2D eigenvalue weighted by atomic mass is 16.5. The third kappa shape index (κ3) is 4.25. The number of nitrogens with zero attached hydrogens (tertiary/aromatic N) is 3. The minimum atomic E-state index is -0.125. The number of carbonyl (C=O) groups is 1. The van der Waals surface area contributed by atoms with Crippen molar-refractivity contribution in [2.45, 2.75) is 18.8 Å². The maximum atomic E-state index is 12.8. The van der Waals surface area contributed by atoms with Gasteiger partial charge in [0.25, 0.3) is 0 Å². The highest BCUT2D eigenvalue weighted by molar-refractivity contribution is 5.91. The first kappa shape index (κ1) is 19.8. The number of benzene rings is 2. The fourth-order valence-electron chi connectivity index (χ4n) is 3.79. The molecular weight excluding hydrogens is 380 g/mol. The molecule has 7 heteroatoms. The second kappa shape index (κ2) is 8.90. The van der Waals surface area contributed by atoms with Crippen LogP contribution in [-0.4, -0.2) is 48.0 Å². The summed E-state index contributed by atoms with van der Waals surface area (Å²) in [5, 5.41) is 7.46. The minimum Gasteiger partial charge on any atom is -0.497 e. The maximum Gasteiger partial charge on any atom is 0.321 e. The average Bonchev–Trinajstić information content (AvgIpc) is 3.30. The lowest BCUT2D eigenvalue weighted by Crippen LogP contribution is -2.40. The number of hydrogen-bond donors (Lipinski definition) is 1. The van der Waals surface area contributed by atoms with Crippen LogP contribution in [0.2, 0.25) is 0 Å². The Labute approximate surface area is 176 Å². The molecule has 2 amide bonds. The zero-order chi connectivity index (χ0) is 20.9. The standard InChI is InChI=1S/C23H26N4O3/c1-29-20-8-9-22(30-2)21(14-20)25-23(28)26-12-10-17(11-13-26)18-15-24-27(16-18)19-6-4-3-5-7-19/h3-9,14-17H,10-13H2,1-2H3,(H,25,28). The number of rotatable bonds is 5. The molecule has 4 rings (SSSR count). The van der Waals surface area contributed by atoms with Gasteiger partial charge in [-0.1, -0.05) is 18.2 Å². The average molecular weight is 406 g/mol. The molecule has 0 bridgehead atoms. The van der Waals surface area contributed by atoms with E-state index >= 15 is 0 Å². The highest BCUT2D eigenvalue weighted by Gasteiger charge is 2.25. The fraction of sp³-hybridized carbons (Fsp3) is 0.304. The zero-order valence-electron chi connectivity index (χ0n) is 17.2. The Morgan fingerprint density at radius 3 is 2.53 bits per heavy atom. The number of para-hydroxylation sites is 1. The number of carbonyl (C=O) groups excluding carboxylic acids is 1. The summed E-state index contributed by atoms with van der Waals surface area (Å²) in [5.41, 5.74) is 2.87. The van der Waals surface area contributed by atoms with Gasteiger partial charge in [-0.25, -0.2) is 9.48 Å². The minimum absolute atomic E-state index is 0.125. The smallest absolute Gasteiger partial charge is 0.321 e. The number of hydrogen-bond acceptors (Lipinski definition) is 4.